The minimum Gasteiger partial charge on any atom is -0.493 e. The zero-order valence-electron chi connectivity index (χ0n) is 26.6. The molecule has 0 aromatic heterocycles. The Labute approximate surface area is 252 Å². The van der Waals surface area contributed by atoms with Crippen molar-refractivity contribution in [1.29, 1.82) is 0 Å². The lowest BCUT2D eigenvalue weighted by atomic mass is 9.93. The van der Waals surface area contributed by atoms with Gasteiger partial charge in [0, 0.05) is 71.1 Å². The first kappa shape index (κ1) is 33.6. The quantitative estimate of drug-likeness (QED) is 0.215. The Morgan fingerprint density at radius 2 is 1.76 bits per heavy atom. The number of ether oxygens (including phenoxy) is 4. The van der Waals surface area contributed by atoms with Crippen LogP contribution in [-0.2, 0) is 14.3 Å². The molecule has 2 amide bonds. The summed E-state index contributed by atoms with van der Waals surface area (Å²) in [5, 5.41) is 3.53. The smallest absolute Gasteiger partial charge is 0.256 e. The maximum atomic E-state index is 13.8. The molecule has 0 radical (unpaired) electrons. The van der Waals surface area contributed by atoms with Crippen LogP contribution >= 0.6 is 0 Å². The summed E-state index contributed by atoms with van der Waals surface area (Å²) in [5.41, 5.74) is 1.46. The van der Waals surface area contributed by atoms with Crippen LogP contribution in [-0.4, -0.2) is 101 Å². The van der Waals surface area contributed by atoms with E-state index in [0.717, 1.165) is 37.9 Å². The van der Waals surface area contributed by atoms with Crippen molar-refractivity contribution in [3.63, 3.8) is 0 Å². The highest BCUT2D eigenvalue weighted by Gasteiger charge is 2.40. The number of allylic oxidation sites excluding steroid dienone is 3. The predicted octanol–water partition coefficient (Wildman–Crippen LogP) is 4.33. The van der Waals surface area contributed by atoms with Gasteiger partial charge in [-0.1, -0.05) is 18.2 Å². The van der Waals surface area contributed by atoms with Crippen molar-refractivity contribution in [1.82, 2.24) is 15.1 Å². The monoisotopic (exact) mass is 585 g/mol. The van der Waals surface area contributed by atoms with Crippen LogP contribution in [0.1, 0.15) is 57.3 Å². The van der Waals surface area contributed by atoms with Gasteiger partial charge < -0.3 is 34.1 Å². The van der Waals surface area contributed by atoms with E-state index >= 15 is 0 Å². The van der Waals surface area contributed by atoms with E-state index in [9.17, 15) is 9.59 Å². The Balaban J connectivity index is 1.74. The van der Waals surface area contributed by atoms with Gasteiger partial charge in [-0.15, -0.1) is 0 Å². The van der Waals surface area contributed by atoms with Gasteiger partial charge in [-0.2, -0.15) is 0 Å². The molecule has 9 nitrogen and oxygen atoms in total. The summed E-state index contributed by atoms with van der Waals surface area (Å²) >= 11 is 0. The molecule has 0 unspecified atom stereocenters. The zero-order chi connectivity index (χ0) is 30.6. The molecule has 1 N–H and O–H groups in total. The summed E-state index contributed by atoms with van der Waals surface area (Å²) in [6.07, 6.45) is 8.01. The van der Waals surface area contributed by atoms with Crippen molar-refractivity contribution >= 4 is 11.8 Å². The number of nitrogens with one attached hydrogen (secondary N) is 1. The predicted molar refractivity (Wildman–Crippen MR) is 165 cm³/mol. The first-order valence-corrected chi connectivity index (χ1v) is 15.2. The third-order valence-corrected chi connectivity index (χ3v) is 8.08. The highest BCUT2D eigenvalue weighted by Crippen LogP contribution is 2.33. The molecule has 1 saturated heterocycles. The molecule has 1 saturated carbocycles. The van der Waals surface area contributed by atoms with Crippen molar-refractivity contribution in [2.24, 2.45) is 11.8 Å². The minimum atomic E-state index is -0.593. The second-order valence-corrected chi connectivity index (χ2v) is 11.6. The Bertz CT molecular complexity index is 1080. The molecule has 3 atom stereocenters. The number of amides is 2. The number of hydrogen-bond donors (Lipinski definition) is 1. The highest BCUT2D eigenvalue weighted by molar-refractivity contribution is 5.95. The van der Waals surface area contributed by atoms with Crippen molar-refractivity contribution in [3.8, 4) is 11.5 Å². The molecule has 0 bridgehead atoms. The third-order valence-electron chi connectivity index (χ3n) is 8.08. The lowest BCUT2D eigenvalue weighted by Crippen LogP contribution is -2.47. The number of methoxy groups -OCH3 is 3. The van der Waals surface area contributed by atoms with Crippen LogP contribution in [0.5, 0.6) is 11.5 Å². The Morgan fingerprint density at radius 1 is 1.05 bits per heavy atom. The van der Waals surface area contributed by atoms with E-state index in [1.54, 1.807) is 39.5 Å². The molecular weight excluding hydrogens is 534 g/mol. The zero-order valence-corrected chi connectivity index (χ0v) is 26.6. The summed E-state index contributed by atoms with van der Waals surface area (Å²) < 4.78 is 22.2. The fraction of sp³-hybridized carbons (Fsp3) is 0.636. The van der Waals surface area contributed by atoms with Crippen molar-refractivity contribution < 1.29 is 28.5 Å². The Hall–Kier alpha value is -2.88. The molecule has 0 spiro atoms. The third kappa shape index (κ3) is 9.06. The maximum Gasteiger partial charge on any atom is 0.256 e. The van der Waals surface area contributed by atoms with Crippen LogP contribution in [0.25, 0.3) is 0 Å². The number of carbonyl (C=O) groups excluding carboxylic acids is 2. The first-order valence-electron chi connectivity index (χ1n) is 15.2. The van der Waals surface area contributed by atoms with Crippen LogP contribution in [0.15, 0.2) is 42.0 Å². The van der Waals surface area contributed by atoms with Gasteiger partial charge in [0.2, 0.25) is 0 Å². The van der Waals surface area contributed by atoms with E-state index in [0.29, 0.717) is 43.4 Å². The van der Waals surface area contributed by atoms with Gasteiger partial charge in [-0.05, 0) is 76.1 Å². The summed E-state index contributed by atoms with van der Waals surface area (Å²) in [4.78, 5) is 31.5. The van der Waals surface area contributed by atoms with Crippen molar-refractivity contribution in [2.75, 3.05) is 60.7 Å². The van der Waals surface area contributed by atoms with Crippen LogP contribution in [0.2, 0.25) is 0 Å². The summed E-state index contributed by atoms with van der Waals surface area (Å²) in [5.74, 6) is 1.57. The topological polar surface area (TPSA) is 89.6 Å². The van der Waals surface area contributed by atoms with Gasteiger partial charge in [0.15, 0.2) is 17.6 Å². The van der Waals surface area contributed by atoms with Crippen LogP contribution in [0.3, 0.4) is 0 Å². The van der Waals surface area contributed by atoms with E-state index in [4.69, 9.17) is 18.9 Å². The number of hydrogen-bond acceptors (Lipinski definition) is 7. The van der Waals surface area contributed by atoms with Gasteiger partial charge in [0.05, 0.1) is 13.7 Å². The van der Waals surface area contributed by atoms with Gasteiger partial charge >= 0.3 is 0 Å². The molecule has 9 heteroatoms. The number of nitrogens with zero attached hydrogens (tertiary/aromatic N) is 2. The Kier molecular flexibility index (Phi) is 13.4. The number of carbonyl (C=O) groups is 2. The first-order chi connectivity index (χ1) is 20.2. The molecule has 2 aliphatic rings. The van der Waals surface area contributed by atoms with Crippen LogP contribution in [0.4, 0.5) is 0 Å². The van der Waals surface area contributed by atoms with Gasteiger partial charge in [-0.25, -0.2) is 0 Å². The molecule has 2 fully saturated rings. The molecule has 1 aliphatic carbocycles. The van der Waals surface area contributed by atoms with Gasteiger partial charge in [-0.3, -0.25) is 9.59 Å². The molecule has 1 heterocycles. The fourth-order valence-electron chi connectivity index (χ4n) is 5.49. The van der Waals surface area contributed by atoms with E-state index in [-0.39, 0.29) is 35.7 Å². The minimum absolute atomic E-state index is 0.00497. The second-order valence-electron chi connectivity index (χ2n) is 11.6. The lowest BCUT2D eigenvalue weighted by Gasteiger charge is -2.34. The Morgan fingerprint density at radius 3 is 2.36 bits per heavy atom. The number of benzene rings is 1. The maximum absolute atomic E-state index is 13.8. The highest BCUT2D eigenvalue weighted by atomic mass is 16.5. The number of rotatable bonds is 17. The molecule has 1 aromatic rings. The molecular formula is C33H51N3O6. The van der Waals surface area contributed by atoms with Gasteiger partial charge in [0.1, 0.15) is 0 Å². The summed E-state index contributed by atoms with van der Waals surface area (Å²) in [6.45, 7) is 11.9. The van der Waals surface area contributed by atoms with Crippen molar-refractivity contribution in [2.45, 2.75) is 65.1 Å². The molecule has 234 valence electrons. The summed E-state index contributed by atoms with van der Waals surface area (Å²) in [7, 11) is 4.85. The van der Waals surface area contributed by atoms with Crippen LogP contribution in [0, 0.1) is 11.8 Å². The molecule has 3 rings (SSSR count). The second kappa shape index (κ2) is 16.7. The largest absolute Gasteiger partial charge is 0.493 e. The molecule has 1 aliphatic heterocycles. The summed E-state index contributed by atoms with van der Waals surface area (Å²) in [6, 6.07) is 5.62. The molecule has 1 aromatic carbocycles. The van der Waals surface area contributed by atoms with Crippen molar-refractivity contribution in [3.05, 3.63) is 47.6 Å². The van der Waals surface area contributed by atoms with E-state index in [1.165, 1.54) is 0 Å². The lowest BCUT2D eigenvalue weighted by molar-refractivity contribution is -0.141. The SMILES string of the molecule is C/C=C\C=C(/C)[C@@H](OC)C(=O)N(C[C@@H]1CNC[C@H]1CN(C(=O)c1ccc(OC)c(OCCCOC)c1)C(C)C)C1CC1. The average molecular weight is 586 g/mol. The van der Waals surface area contributed by atoms with E-state index in [2.05, 4.69) is 5.32 Å². The van der Waals surface area contributed by atoms with E-state index < -0.39 is 6.10 Å². The fourth-order valence-corrected chi connectivity index (χ4v) is 5.49. The van der Waals surface area contributed by atoms with Gasteiger partial charge in [0.25, 0.3) is 11.8 Å². The van der Waals surface area contributed by atoms with Crippen LogP contribution < -0.4 is 14.8 Å². The average Bonchev–Trinajstić information content (AvgIpc) is 3.73. The molecule has 42 heavy (non-hydrogen) atoms. The van der Waals surface area contributed by atoms with E-state index in [1.807, 2.05) is 55.7 Å². The normalized spacial score (nSPS) is 19.8. The standard InChI is InChI=1S/C33H51N3O6/c1-8-9-11-24(4)31(41-7)33(38)36(28-13-14-28)22-27-20-34-19-26(27)21-35(23(2)3)32(37)25-12-15-29(40-6)30(18-25)42-17-10-16-39-5/h8-9,11-12,15,18,23,26-28,31,34H,10,13-14,16-17,19-22H2,1-7H3/b9-8-,24-11+/t26-,27-,31+/m0/s1.